The summed E-state index contributed by atoms with van der Waals surface area (Å²) >= 11 is 6.18. The second kappa shape index (κ2) is 5.07. The van der Waals surface area contributed by atoms with Gasteiger partial charge in [-0.1, -0.05) is 29.8 Å². The lowest BCUT2D eigenvalue weighted by Crippen LogP contribution is -2.41. The summed E-state index contributed by atoms with van der Waals surface area (Å²) in [4.78, 5) is 13.9. The van der Waals surface area contributed by atoms with Crippen molar-refractivity contribution in [1.29, 1.82) is 0 Å². The van der Waals surface area contributed by atoms with E-state index in [1.54, 1.807) is 6.92 Å². The molecule has 0 bridgehead atoms. The van der Waals surface area contributed by atoms with E-state index >= 15 is 0 Å². The number of benzene rings is 1. The standard InChI is InChI=1S/C13H17ClN2O/c1-9(15)13(17)16-8-4-7-12(16)10-5-2-3-6-11(10)14/h2-3,5-6,9,12H,4,7-8,15H2,1H3/t9-,12?/m1/s1. The first-order valence-corrected chi connectivity index (χ1v) is 6.29. The summed E-state index contributed by atoms with van der Waals surface area (Å²) in [6, 6.07) is 7.34. The van der Waals surface area contributed by atoms with Crippen molar-refractivity contribution >= 4 is 17.5 Å². The van der Waals surface area contributed by atoms with Gasteiger partial charge in [0, 0.05) is 11.6 Å². The molecule has 1 unspecified atom stereocenters. The third kappa shape index (κ3) is 2.45. The summed E-state index contributed by atoms with van der Waals surface area (Å²) in [5.74, 6) is 0.00687. The largest absolute Gasteiger partial charge is 0.334 e. The molecule has 1 aliphatic heterocycles. The van der Waals surface area contributed by atoms with Crippen LogP contribution in [0.3, 0.4) is 0 Å². The van der Waals surface area contributed by atoms with Gasteiger partial charge in [0.15, 0.2) is 0 Å². The predicted octanol–water partition coefficient (Wildman–Crippen LogP) is 2.35. The minimum atomic E-state index is -0.446. The van der Waals surface area contributed by atoms with Crippen molar-refractivity contribution in [2.45, 2.75) is 31.8 Å². The molecule has 1 aliphatic rings. The SMILES string of the molecule is C[C@@H](N)C(=O)N1CCCC1c1ccccc1Cl. The number of amides is 1. The number of nitrogens with zero attached hydrogens (tertiary/aromatic N) is 1. The number of likely N-dealkylation sites (tertiary alicyclic amines) is 1. The molecule has 0 aliphatic carbocycles. The zero-order valence-corrected chi connectivity index (χ0v) is 10.7. The molecule has 1 aromatic carbocycles. The Morgan fingerprint density at radius 3 is 2.88 bits per heavy atom. The lowest BCUT2D eigenvalue weighted by molar-refractivity contribution is -0.133. The highest BCUT2D eigenvalue weighted by Gasteiger charge is 2.32. The highest BCUT2D eigenvalue weighted by atomic mass is 35.5. The summed E-state index contributed by atoms with van der Waals surface area (Å²) in [5.41, 5.74) is 6.70. The van der Waals surface area contributed by atoms with Crippen molar-refractivity contribution in [2.24, 2.45) is 5.73 Å². The van der Waals surface area contributed by atoms with Crippen LogP contribution in [-0.2, 0) is 4.79 Å². The highest BCUT2D eigenvalue weighted by molar-refractivity contribution is 6.31. The van der Waals surface area contributed by atoms with Crippen molar-refractivity contribution in [1.82, 2.24) is 4.90 Å². The first-order valence-electron chi connectivity index (χ1n) is 5.91. The van der Waals surface area contributed by atoms with E-state index in [0.717, 1.165) is 30.0 Å². The maximum Gasteiger partial charge on any atom is 0.239 e. The molecule has 17 heavy (non-hydrogen) atoms. The van der Waals surface area contributed by atoms with Gasteiger partial charge >= 0.3 is 0 Å². The van der Waals surface area contributed by atoms with Crippen LogP contribution in [0.5, 0.6) is 0 Å². The van der Waals surface area contributed by atoms with Gasteiger partial charge in [-0.25, -0.2) is 0 Å². The number of halogens is 1. The second-order valence-electron chi connectivity index (χ2n) is 4.50. The van der Waals surface area contributed by atoms with E-state index in [1.165, 1.54) is 0 Å². The number of hydrogen-bond donors (Lipinski definition) is 1. The van der Waals surface area contributed by atoms with Crippen molar-refractivity contribution in [2.75, 3.05) is 6.54 Å². The molecule has 1 saturated heterocycles. The Kier molecular flexibility index (Phi) is 3.69. The Morgan fingerprint density at radius 1 is 1.53 bits per heavy atom. The Bertz CT molecular complexity index is 420. The number of rotatable bonds is 2. The zero-order chi connectivity index (χ0) is 12.4. The van der Waals surface area contributed by atoms with Crippen LogP contribution in [-0.4, -0.2) is 23.4 Å². The quantitative estimate of drug-likeness (QED) is 0.878. The maximum absolute atomic E-state index is 12.0. The maximum atomic E-state index is 12.0. The van der Waals surface area contributed by atoms with Gasteiger partial charge in [0.25, 0.3) is 0 Å². The van der Waals surface area contributed by atoms with E-state index in [1.807, 2.05) is 29.2 Å². The second-order valence-corrected chi connectivity index (χ2v) is 4.91. The Balaban J connectivity index is 2.26. The average Bonchev–Trinajstić information content (AvgIpc) is 2.77. The molecule has 1 fully saturated rings. The summed E-state index contributed by atoms with van der Waals surface area (Å²) in [6.07, 6.45) is 1.97. The fraction of sp³-hybridized carbons (Fsp3) is 0.462. The molecule has 2 atom stereocenters. The first kappa shape index (κ1) is 12.4. The van der Waals surface area contributed by atoms with Crippen molar-refractivity contribution < 1.29 is 4.79 Å². The summed E-state index contributed by atoms with van der Waals surface area (Å²) < 4.78 is 0. The number of nitrogens with two attached hydrogens (primary N) is 1. The third-order valence-corrected chi connectivity index (χ3v) is 3.53. The molecule has 1 aromatic rings. The van der Waals surface area contributed by atoms with Crippen LogP contribution in [0.25, 0.3) is 0 Å². The van der Waals surface area contributed by atoms with Gasteiger partial charge in [0.1, 0.15) is 0 Å². The summed E-state index contributed by atoms with van der Waals surface area (Å²) in [7, 11) is 0. The van der Waals surface area contributed by atoms with Gasteiger partial charge in [-0.3, -0.25) is 4.79 Å². The molecule has 0 aromatic heterocycles. The summed E-state index contributed by atoms with van der Waals surface area (Å²) in [5, 5.41) is 0.724. The molecular formula is C13H17ClN2O. The minimum Gasteiger partial charge on any atom is -0.334 e. The minimum absolute atomic E-state index is 0.00687. The number of carbonyl (C=O) groups excluding carboxylic acids is 1. The van der Waals surface area contributed by atoms with Crippen LogP contribution < -0.4 is 5.73 Å². The van der Waals surface area contributed by atoms with E-state index < -0.39 is 6.04 Å². The fourth-order valence-electron chi connectivity index (χ4n) is 2.36. The van der Waals surface area contributed by atoms with Gasteiger partial charge in [0.05, 0.1) is 12.1 Å². The van der Waals surface area contributed by atoms with Crippen LogP contribution in [0.4, 0.5) is 0 Å². The van der Waals surface area contributed by atoms with Crippen LogP contribution in [0.2, 0.25) is 5.02 Å². The molecule has 0 spiro atoms. The van der Waals surface area contributed by atoms with Crippen molar-refractivity contribution in [3.8, 4) is 0 Å². The topological polar surface area (TPSA) is 46.3 Å². The molecule has 1 heterocycles. The fourth-order valence-corrected chi connectivity index (χ4v) is 2.62. The lowest BCUT2D eigenvalue weighted by atomic mass is 10.0. The number of carbonyl (C=O) groups is 1. The third-order valence-electron chi connectivity index (χ3n) is 3.19. The molecule has 4 heteroatoms. The van der Waals surface area contributed by atoms with E-state index in [0.29, 0.717) is 0 Å². The van der Waals surface area contributed by atoms with E-state index in [-0.39, 0.29) is 11.9 Å². The van der Waals surface area contributed by atoms with Crippen LogP contribution in [0, 0.1) is 0 Å². The Morgan fingerprint density at radius 2 is 2.24 bits per heavy atom. The van der Waals surface area contributed by atoms with E-state index in [2.05, 4.69) is 0 Å². The molecule has 3 nitrogen and oxygen atoms in total. The number of hydrogen-bond acceptors (Lipinski definition) is 2. The Hall–Kier alpha value is -1.06. The molecule has 2 rings (SSSR count). The monoisotopic (exact) mass is 252 g/mol. The normalized spacial score (nSPS) is 21.6. The van der Waals surface area contributed by atoms with Crippen LogP contribution >= 0.6 is 11.6 Å². The molecular weight excluding hydrogens is 236 g/mol. The lowest BCUT2D eigenvalue weighted by Gasteiger charge is -2.27. The average molecular weight is 253 g/mol. The highest BCUT2D eigenvalue weighted by Crippen LogP contribution is 2.35. The van der Waals surface area contributed by atoms with Gasteiger partial charge in [0.2, 0.25) is 5.91 Å². The zero-order valence-electron chi connectivity index (χ0n) is 9.90. The van der Waals surface area contributed by atoms with Crippen molar-refractivity contribution in [3.05, 3.63) is 34.9 Å². The van der Waals surface area contributed by atoms with Gasteiger partial charge in [-0.2, -0.15) is 0 Å². The van der Waals surface area contributed by atoms with Crippen LogP contribution in [0.15, 0.2) is 24.3 Å². The van der Waals surface area contributed by atoms with E-state index in [9.17, 15) is 4.79 Å². The molecule has 92 valence electrons. The van der Waals surface area contributed by atoms with Gasteiger partial charge < -0.3 is 10.6 Å². The molecule has 0 saturated carbocycles. The first-order chi connectivity index (χ1) is 8.11. The molecule has 2 N–H and O–H groups in total. The van der Waals surface area contributed by atoms with Gasteiger partial charge in [-0.15, -0.1) is 0 Å². The van der Waals surface area contributed by atoms with Crippen LogP contribution in [0.1, 0.15) is 31.4 Å². The smallest absolute Gasteiger partial charge is 0.239 e. The van der Waals surface area contributed by atoms with E-state index in [4.69, 9.17) is 17.3 Å². The Labute approximate surface area is 107 Å². The van der Waals surface area contributed by atoms with Gasteiger partial charge in [-0.05, 0) is 31.4 Å². The summed E-state index contributed by atoms with van der Waals surface area (Å²) in [6.45, 7) is 2.50. The molecule has 0 radical (unpaired) electrons. The predicted molar refractivity (Wildman–Crippen MR) is 68.8 cm³/mol. The van der Waals surface area contributed by atoms with Crippen molar-refractivity contribution in [3.63, 3.8) is 0 Å². The molecule has 1 amide bonds.